The van der Waals surface area contributed by atoms with Crippen LogP contribution < -0.4 is 18.9 Å². The van der Waals surface area contributed by atoms with Gasteiger partial charge < -0.3 is 18.9 Å². The summed E-state index contributed by atoms with van der Waals surface area (Å²) >= 11 is 0. The van der Waals surface area contributed by atoms with Gasteiger partial charge >= 0.3 is 0 Å². The summed E-state index contributed by atoms with van der Waals surface area (Å²) in [6, 6.07) is 7.21. The Morgan fingerprint density at radius 3 is 2.75 bits per heavy atom. The van der Waals surface area contributed by atoms with E-state index in [-0.39, 0.29) is 35.9 Å². The number of ketones is 1. The van der Waals surface area contributed by atoms with E-state index in [4.69, 9.17) is 18.9 Å². The second-order valence-corrected chi connectivity index (χ2v) is 10.7. The lowest BCUT2D eigenvalue weighted by molar-refractivity contribution is 0.0637. The first-order valence-corrected chi connectivity index (χ1v) is 12.3. The largest absolute Gasteiger partial charge is 0.477 e. The number of fused-ring (bicyclic) bond motifs is 3. The van der Waals surface area contributed by atoms with Gasteiger partial charge in [-0.3, -0.25) is 9.69 Å². The molecule has 1 unspecified atom stereocenters. The van der Waals surface area contributed by atoms with E-state index in [1.165, 1.54) is 0 Å². The van der Waals surface area contributed by atoms with Gasteiger partial charge in [-0.15, -0.1) is 0 Å². The lowest BCUT2D eigenvalue weighted by atomic mass is 9.99. The molecule has 1 saturated heterocycles. The van der Waals surface area contributed by atoms with Gasteiger partial charge in [-0.25, -0.2) is 8.42 Å². The monoisotopic (exact) mass is 455 g/mol. The molecule has 2 aromatic rings. The number of Topliss-reactive ketones (excluding diaryl/α,β-unsaturated/α-hetero) is 1. The fraction of sp³-hybridized carbons (Fsp3) is 0.348. The zero-order chi connectivity index (χ0) is 22.0. The maximum atomic E-state index is 13.1. The average Bonchev–Trinajstić information content (AvgIpc) is 3.46. The second-order valence-electron chi connectivity index (χ2n) is 8.50. The van der Waals surface area contributed by atoms with E-state index >= 15 is 0 Å². The summed E-state index contributed by atoms with van der Waals surface area (Å²) in [6.07, 6.45) is 2.30. The van der Waals surface area contributed by atoms with E-state index < -0.39 is 9.84 Å². The number of allylic oxidation sites excluding steroid dienone is 1. The molecular formula is C23H21NO7S. The molecule has 0 bridgehead atoms. The van der Waals surface area contributed by atoms with E-state index in [1.807, 2.05) is 30.0 Å². The SMILES string of the molecule is Cc1c2c(cc3c1O/C(=C\c1ccc4c(c1)OCO4)C3=O)CN(C1CCS(=O)(=O)C1)CO2. The zero-order valence-corrected chi connectivity index (χ0v) is 18.2. The first-order chi connectivity index (χ1) is 15.4. The van der Waals surface area contributed by atoms with Crippen LogP contribution in [0.5, 0.6) is 23.0 Å². The smallest absolute Gasteiger partial charge is 0.231 e. The van der Waals surface area contributed by atoms with Crippen LogP contribution in [0.15, 0.2) is 30.0 Å². The number of nitrogens with zero attached hydrogens (tertiary/aromatic N) is 1. The maximum absolute atomic E-state index is 13.1. The van der Waals surface area contributed by atoms with Crippen molar-refractivity contribution >= 4 is 21.7 Å². The molecule has 1 fully saturated rings. The molecule has 0 saturated carbocycles. The molecule has 0 N–H and O–H groups in total. The van der Waals surface area contributed by atoms with Crippen LogP contribution in [0.1, 0.15) is 33.5 Å². The summed E-state index contributed by atoms with van der Waals surface area (Å²) in [5.74, 6) is 2.94. The number of carbonyl (C=O) groups is 1. The molecule has 2 aromatic carbocycles. The van der Waals surface area contributed by atoms with Gasteiger partial charge in [-0.2, -0.15) is 0 Å². The molecule has 166 valence electrons. The number of carbonyl (C=O) groups excluding carboxylic acids is 1. The molecule has 0 radical (unpaired) electrons. The van der Waals surface area contributed by atoms with Gasteiger partial charge in [-0.1, -0.05) is 6.07 Å². The molecule has 32 heavy (non-hydrogen) atoms. The molecule has 4 aliphatic heterocycles. The highest BCUT2D eigenvalue weighted by Gasteiger charge is 2.37. The van der Waals surface area contributed by atoms with Crippen LogP contribution in [0.2, 0.25) is 0 Å². The molecule has 4 heterocycles. The fourth-order valence-electron chi connectivity index (χ4n) is 4.72. The average molecular weight is 455 g/mol. The fourth-order valence-corrected chi connectivity index (χ4v) is 6.48. The van der Waals surface area contributed by atoms with Crippen molar-refractivity contribution in [2.45, 2.75) is 25.9 Å². The van der Waals surface area contributed by atoms with Crippen LogP contribution in [-0.4, -0.2) is 50.2 Å². The Morgan fingerprint density at radius 2 is 1.94 bits per heavy atom. The molecule has 0 amide bonds. The van der Waals surface area contributed by atoms with Gasteiger partial charge in [0.15, 0.2) is 27.1 Å². The summed E-state index contributed by atoms with van der Waals surface area (Å²) < 4.78 is 46.5. The van der Waals surface area contributed by atoms with Crippen LogP contribution >= 0.6 is 0 Å². The molecule has 6 rings (SSSR count). The minimum Gasteiger partial charge on any atom is -0.477 e. The van der Waals surface area contributed by atoms with E-state index in [0.717, 1.165) is 16.7 Å². The number of sulfone groups is 1. The van der Waals surface area contributed by atoms with Gasteiger partial charge in [0.25, 0.3) is 0 Å². The Labute approximate surface area is 185 Å². The van der Waals surface area contributed by atoms with Crippen LogP contribution in [0.3, 0.4) is 0 Å². The molecule has 0 aromatic heterocycles. The predicted octanol–water partition coefficient (Wildman–Crippen LogP) is 2.68. The van der Waals surface area contributed by atoms with Crippen LogP contribution in [0.4, 0.5) is 0 Å². The molecule has 1 atom stereocenters. The van der Waals surface area contributed by atoms with Crippen molar-refractivity contribution in [2.24, 2.45) is 0 Å². The first kappa shape index (κ1) is 19.6. The van der Waals surface area contributed by atoms with Crippen LogP contribution in [0.25, 0.3) is 6.08 Å². The van der Waals surface area contributed by atoms with Gasteiger partial charge in [0.2, 0.25) is 12.6 Å². The summed E-state index contributed by atoms with van der Waals surface area (Å²) in [4.78, 5) is 15.1. The highest BCUT2D eigenvalue weighted by molar-refractivity contribution is 7.91. The van der Waals surface area contributed by atoms with Crippen LogP contribution in [0, 0.1) is 6.92 Å². The number of ether oxygens (including phenoxy) is 4. The summed E-state index contributed by atoms with van der Waals surface area (Å²) in [5.41, 5.74) is 2.92. The van der Waals surface area contributed by atoms with Gasteiger partial charge in [0.05, 0.1) is 17.1 Å². The molecule has 0 spiro atoms. The lowest BCUT2D eigenvalue weighted by Gasteiger charge is -2.33. The number of hydrogen-bond acceptors (Lipinski definition) is 8. The number of rotatable bonds is 2. The highest BCUT2D eigenvalue weighted by atomic mass is 32.2. The first-order valence-electron chi connectivity index (χ1n) is 10.5. The lowest BCUT2D eigenvalue weighted by Crippen LogP contribution is -2.41. The molecule has 8 nitrogen and oxygen atoms in total. The third-order valence-electron chi connectivity index (χ3n) is 6.38. The van der Waals surface area contributed by atoms with E-state index in [9.17, 15) is 13.2 Å². The van der Waals surface area contributed by atoms with Crippen molar-refractivity contribution in [1.82, 2.24) is 4.90 Å². The molecule has 0 aliphatic carbocycles. The van der Waals surface area contributed by atoms with Gasteiger partial charge in [-0.05, 0) is 43.2 Å². The normalized spacial score (nSPS) is 24.2. The van der Waals surface area contributed by atoms with Gasteiger partial charge in [0, 0.05) is 23.7 Å². The zero-order valence-electron chi connectivity index (χ0n) is 17.4. The van der Waals surface area contributed by atoms with Crippen molar-refractivity contribution in [3.05, 3.63) is 52.3 Å². The molecular weight excluding hydrogens is 434 g/mol. The Kier molecular flexibility index (Phi) is 4.28. The summed E-state index contributed by atoms with van der Waals surface area (Å²) in [7, 11) is -2.99. The Bertz CT molecular complexity index is 1300. The van der Waals surface area contributed by atoms with E-state index in [2.05, 4.69) is 0 Å². The molecule has 9 heteroatoms. The van der Waals surface area contributed by atoms with Crippen LogP contribution in [-0.2, 0) is 16.4 Å². The minimum absolute atomic E-state index is 0.0601. The Morgan fingerprint density at radius 1 is 1.09 bits per heavy atom. The summed E-state index contributed by atoms with van der Waals surface area (Å²) in [6.45, 7) is 2.92. The standard InChI is InChI=1S/C23H21NO7S/c1-13-22-15(9-24(11-28-22)16-4-5-32(26,27)10-16)8-17-21(25)20(31-23(13)17)7-14-2-3-18-19(6-14)30-12-29-18/h2-3,6-8,16H,4-5,9-12H2,1H3/b20-7-. The van der Waals surface area contributed by atoms with Crippen molar-refractivity contribution in [3.63, 3.8) is 0 Å². The third-order valence-corrected chi connectivity index (χ3v) is 8.13. The quantitative estimate of drug-likeness (QED) is 0.639. The Hall–Kier alpha value is -3.04. The number of hydrogen-bond donors (Lipinski definition) is 0. The third kappa shape index (κ3) is 3.15. The predicted molar refractivity (Wildman–Crippen MR) is 115 cm³/mol. The van der Waals surface area contributed by atoms with Gasteiger partial charge in [0.1, 0.15) is 18.2 Å². The number of benzene rings is 2. The second kappa shape index (κ2) is 6.98. The van der Waals surface area contributed by atoms with Crippen molar-refractivity contribution < 1.29 is 32.2 Å². The maximum Gasteiger partial charge on any atom is 0.231 e. The summed E-state index contributed by atoms with van der Waals surface area (Å²) in [5, 5.41) is 0. The highest BCUT2D eigenvalue weighted by Crippen LogP contribution is 2.44. The van der Waals surface area contributed by atoms with Crippen molar-refractivity contribution in [1.29, 1.82) is 0 Å². The van der Waals surface area contributed by atoms with Crippen molar-refractivity contribution in [3.8, 4) is 23.0 Å². The van der Waals surface area contributed by atoms with Crippen molar-refractivity contribution in [2.75, 3.05) is 25.0 Å². The minimum atomic E-state index is -2.99. The topological polar surface area (TPSA) is 91.4 Å². The molecule has 4 aliphatic rings. The van der Waals surface area contributed by atoms with E-state index in [0.29, 0.717) is 48.3 Å². The Balaban J connectivity index is 1.30. The van der Waals surface area contributed by atoms with E-state index in [1.54, 1.807) is 12.1 Å².